The molecule has 0 saturated carbocycles. The van der Waals surface area contributed by atoms with Gasteiger partial charge in [0.2, 0.25) is 12.6 Å². The summed E-state index contributed by atoms with van der Waals surface area (Å²) in [7, 11) is 3.14. The van der Waals surface area contributed by atoms with E-state index in [4.69, 9.17) is 18.9 Å². The molecule has 0 radical (unpaired) electrons. The van der Waals surface area contributed by atoms with Crippen LogP contribution in [0.2, 0.25) is 0 Å². The number of rotatable bonds is 5. The van der Waals surface area contributed by atoms with Crippen LogP contribution in [0.15, 0.2) is 36.4 Å². The van der Waals surface area contributed by atoms with Crippen LogP contribution in [-0.2, 0) is 9.47 Å². The predicted molar refractivity (Wildman–Crippen MR) is 94.4 cm³/mol. The Balaban J connectivity index is 1.67. The Hall–Kier alpha value is -2.12. The zero-order chi connectivity index (χ0) is 18.3. The van der Waals surface area contributed by atoms with Gasteiger partial charge in [0.1, 0.15) is 11.5 Å². The highest BCUT2D eigenvalue weighted by Crippen LogP contribution is 2.43. The van der Waals surface area contributed by atoms with Gasteiger partial charge in [0.15, 0.2) is 0 Å². The van der Waals surface area contributed by atoms with Crippen molar-refractivity contribution < 1.29 is 29.2 Å². The van der Waals surface area contributed by atoms with Gasteiger partial charge >= 0.3 is 0 Å². The second kappa shape index (κ2) is 6.89. The van der Waals surface area contributed by atoms with Gasteiger partial charge in [0.25, 0.3) is 0 Å². The first-order valence-corrected chi connectivity index (χ1v) is 8.59. The molecule has 138 valence electrons. The fraction of sp³-hybridized carbons (Fsp3) is 0.400. The van der Waals surface area contributed by atoms with Crippen molar-refractivity contribution in [2.75, 3.05) is 27.4 Å². The monoisotopic (exact) mass is 358 g/mol. The quantitative estimate of drug-likeness (QED) is 0.854. The summed E-state index contributed by atoms with van der Waals surface area (Å²) >= 11 is 0. The lowest BCUT2D eigenvalue weighted by molar-refractivity contribution is -0.0634. The van der Waals surface area contributed by atoms with Gasteiger partial charge in [-0.15, -0.1) is 0 Å². The lowest BCUT2D eigenvalue weighted by Crippen LogP contribution is -2.23. The Morgan fingerprint density at radius 1 is 0.769 bits per heavy atom. The summed E-state index contributed by atoms with van der Waals surface area (Å²) in [6.07, 6.45) is -0.942. The molecule has 2 aliphatic rings. The van der Waals surface area contributed by atoms with Crippen LogP contribution in [0, 0.1) is 0 Å². The summed E-state index contributed by atoms with van der Waals surface area (Å²) in [4.78, 5) is 0. The molecule has 4 unspecified atom stereocenters. The van der Waals surface area contributed by atoms with Crippen LogP contribution in [-0.4, -0.2) is 50.2 Å². The molecule has 0 aromatic heterocycles. The number of aliphatic hydroxyl groups is 2. The lowest BCUT2D eigenvalue weighted by atomic mass is 9.95. The highest BCUT2D eigenvalue weighted by molar-refractivity contribution is 5.69. The number of methoxy groups -OCH3 is 2. The summed E-state index contributed by atoms with van der Waals surface area (Å²) in [5, 5.41) is 19.2. The molecule has 0 bridgehead atoms. The third-order valence-electron chi connectivity index (χ3n) is 5.16. The average Bonchev–Trinajstić information content (AvgIpc) is 3.23. The molecule has 6 heteroatoms. The molecule has 2 aliphatic heterocycles. The molecule has 26 heavy (non-hydrogen) atoms. The minimum atomic E-state index is -0.471. The minimum Gasteiger partial charge on any atom is -0.464 e. The van der Waals surface area contributed by atoms with Crippen LogP contribution in [0.3, 0.4) is 0 Å². The third kappa shape index (κ3) is 2.66. The van der Waals surface area contributed by atoms with Crippen LogP contribution in [0.5, 0.6) is 11.5 Å². The summed E-state index contributed by atoms with van der Waals surface area (Å²) in [5.41, 5.74) is 3.84. The first-order chi connectivity index (χ1) is 12.7. The van der Waals surface area contributed by atoms with E-state index in [-0.39, 0.29) is 25.0 Å². The van der Waals surface area contributed by atoms with Crippen LogP contribution in [0.4, 0.5) is 0 Å². The van der Waals surface area contributed by atoms with Crippen molar-refractivity contribution in [3.05, 3.63) is 47.5 Å². The molecule has 0 aliphatic carbocycles. The first-order valence-electron chi connectivity index (χ1n) is 8.59. The molecule has 4 atom stereocenters. The number of ether oxygens (including phenoxy) is 4. The van der Waals surface area contributed by atoms with Gasteiger partial charge in [-0.25, -0.2) is 0 Å². The molecule has 0 spiro atoms. The van der Waals surface area contributed by atoms with Gasteiger partial charge in [-0.05, 0) is 23.3 Å². The highest BCUT2D eigenvalue weighted by Gasteiger charge is 2.35. The van der Waals surface area contributed by atoms with Gasteiger partial charge in [0, 0.05) is 25.3 Å². The molecule has 0 saturated heterocycles. The fourth-order valence-corrected chi connectivity index (χ4v) is 3.75. The molecular weight excluding hydrogens is 336 g/mol. The van der Waals surface area contributed by atoms with Gasteiger partial charge in [-0.1, -0.05) is 24.3 Å². The third-order valence-corrected chi connectivity index (χ3v) is 5.16. The highest BCUT2D eigenvalue weighted by atomic mass is 16.7. The van der Waals surface area contributed by atoms with E-state index in [1.807, 2.05) is 36.4 Å². The van der Waals surface area contributed by atoms with Crippen LogP contribution in [0.1, 0.15) is 23.0 Å². The Morgan fingerprint density at radius 2 is 1.19 bits per heavy atom. The maximum Gasteiger partial charge on any atom is 0.208 e. The van der Waals surface area contributed by atoms with Gasteiger partial charge < -0.3 is 29.2 Å². The molecule has 4 rings (SSSR count). The maximum atomic E-state index is 9.59. The Morgan fingerprint density at radius 3 is 1.54 bits per heavy atom. The largest absolute Gasteiger partial charge is 0.464 e. The normalized spacial score (nSPS) is 26.2. The van der Waals surface area contributed by atoms with Crippen molar-refractivity contribution in [1.82, 2.24) is 0 Å². The molecule has 2 N–H and O–H groups in total. The maximum absolute atomic E-state index is 9.59. The number of benzene rings is 2. The number of fused-ring (bicyclic) bond motifs is 2. The van der Waals surface area contributed by atoms with Crippen molar-refractivity contribution in [3.63, 3.8) is 0 Å². The zero-order valence-corrected chi connectivity index (χ0v) is 14.7. The Labute approximate surface area is 151 Å². The SMILES string of the molecule is COC1Oc2cc(-c3ccc4c(c3)OC(OC)C4CO)ccc2C1CO. The lowest BCUT2D eigenvalue weighted by Gasteiger charge is -2.14. The summed E-state index contributed by atoms with van der Waals surface area (Å²) in [6, 6.07) is 11.8. The molecule has 0 fully saturated rings. The minimum absolute atomic E-state index is 0.0293. The molecule has 6 nitrogen and oxygen atoms in total. The zero-order valence-electron chi connectivity index (χ0n) is 14.7. The van der Waals surface area contributed by atoms with E-state index in [9.17, 15) is 10.2 Å². The molecule has 2 aromatic rings. The molecular formula is C20H22O6. The summed E-state index contributed by atoms with van der Waals surface area (Å²) in [5.74, 6) is 1.08. The van der Waals surface area contributed by atoms with E-state index in [0.717, 1.165) is 33.8 Å². The van der Waals surface area contributed by atoms with E-state index < -0.39 is 12.6 Å². The summed E-state index contributed by atoms with van der Waals surface area (Å²) in [6.45, 7) is -0.0585. The van der Waals surface area contributed by atoms with Crippen molar-refractivity contribution >= 4 is 0 Å². The van der Waals surface area contributed by atoms with E-state index in [2.05, 4.69) is 0 Å². The first kappa shape index (κ1) is 17.3. The second-order valence-electron chi connectivity index (χ2n) is 6.53. The molecule has 0 amide bonds. The summed E-state index contributed by atoms with van der Waals surface area (Å²) < 4.78 is 22.3. The number of hydrogen-bond donors (Lipinski definition) is 2. The standard InChI is InChI=1S/C20H22O6/c1-23-19-15(9-21)13-5-3-11(7-17(13)25-19)12-4-6-14-16(10-22)20(24-2)26-18(14)8-12/h3-8,15-16,19-22H,9-10H2,1-2H3. The van der Waals surface area contributed by atoms with Gasteiger partial charge in [0.05, 0.1) is 25.0 Å². The fourth-order valence-electron chi connectivity index (χ4n) is 3.75. The van der Waals surface area contributed by atoms with Gasteiger partial charge in [-0.2, -0.15) is 0 Å². The van der Waals surface area contributed by atoms with Crippen molar-refractivity contribution in [2.24, 2.45) is 0 Å². The van der Waals surface area contributed by atoms with Crippen molar-refractivity contribution in [1.29, 1.82) is 0 Å². The van der Waals surface area contributed by atoms with Crippen molar-refractivity contribution in [3.8, 4) is 22.6 Å². The predicted octanol–water partition coefficient (Wildman–Crippen LogP) is 2.24. The molecule has 2 aromatic carbocycles. The van der Waals surface area contributed by atoms with E-state index >= 15 is 0 Å². The smallest absolute Gasteiger partial charge is 0.208 e. The molecule has 2 heterocycles. The number of hydrogen-bond acceptors (Lipinski definition) is 6. The van der Waals surface area contributed by atoms with E-state index in [1.54, 1.807) is 14.2 Å². The van der Waals surface area contributed by atoms with Crippen molar-refractivity contribution in [2.45, 2.75) is 24.4 Å². The number of aliphatic hydroxyl groups excluding tert-OH is 2. The Bertz CT molecular complexity index is 737. The second-order valence-corrected chi connectivity index (χ2v) is 6.53. The topological polar surface area (TPSA) is 77.4 Å². The van der Waals surface area contributed by atoms with E-state index in [1.165, 1.54) is 0 Å². The van der Waals surface area contributed by atoms with Crippen LogP contribution in [0.25, 0.3) is 11.1 Å². The average molecular weight is 358 g/mol. The Kier molecular flexibility index (Phi) is 4.58. The van der Waals surface area contributed by atoms with Gasteiger partial charge in [-0.3, -0.25) is 0 Å². The van der Waals surface area contributed by atoms with Crippen LogP contribution >= 0.6 is 0 Å². The van der Waals surface area contributed by atoms with E-state index in [0.29, 0.717) is 0 Å². The van der Waals surface area contributed by atoms with Crippen LogP contribution < -0.4 is 9.47 Å².